The van der Waals surface area contributed by atoms with Crippen molar-refractivity contribution < 1.29 is 4.79 Å². The van der Waals surface area contributed by atoms with Crippen molar-refractivity contribution in [3.63, 3.8) is 0 Å². The number of pyridine rings is 1. The van der Waals surface area contributed by atoms with Crippen molar-refractivity contribution in [2.24, 2.45) is 0 Å². The quantitative estimate of drug-likeness (QED) is 0.816. The summed E-state index contributed by atoms with van der Waals surface area (Å²) < 4.78 is 0. The van der Waals surface area contributed by atoms with E-state index < -0.39 is 0 Å². The number of nitrogens with zero attached hydrogens (tertiary/aromatic N) is 1. The highest BCUT2D eigenvalue weighted by molar-refractivity contribution is 6.35. The van der Waals surface area contributed by atoms with Crippen LogP contribution in [0.4, 0.5) is 11.4 Å². The lowest BCUT2D eigenvalue weighted by Gasteiger charge is -2.14. The normalized spacial score (nSPS) is 14.7. The molecule has 1 aliphatic carbocycles. The van der Waals surface area contributed by atoms with E-state index in [0.29, 0.717) is 27.5 Å². The van der Waals surface area contributed by atoms with Crippen LogP contribution in [0.1, 0.15) is 36.2 Å². The van der Waals surface area contributed by atoms with Crippen molar-refractivity contribution in [2.75, 3.05) is 10.6 Å². The molecule has 23 heavy (non-hydrogen) atoms. The van der Waals surface area contributed by atoms with E-state index in [1.807, 2.05) is 6.07 Å². The molecule has 4 nitrogen and oxygen atoms in total. The number of anilines is 2. The molecule has 0 radical (unpaired) electrons. The van der Waals surface area contributed by atoms with Crippen molar-refractivity contribution >= 4 is 40.5 Å². The Morgan fingerprint density at radius 3 is 2.70 bits per heavy atom. The van der Waals surface area contributed by atoms with Crippen LogP contribution in [-0.2, 0) is 0 Å². The summed E-state index contributed by atoms with van der Waals surface area (Å²) >= 11 is 12.0. The second-order valence-electron chi connectivity index (χ2n) is 5.63. The molecule has 6 heteroatoms. The van der Waals surface area contributed by atoms with Gasteiger partial charge in [-0.1, -0.05) is 36.0 Å². The Balaban J connectivity index is 1.72. The smallest absolute Gasteiger partial charge is 0.274 e. The van der Waals surface area contributed by atoms with Gasteiger partial charge in [0.15, 0.2) is 0 Å². The van der Waals surface area contributed by atoms with Crippen LogP contribution in [0.3, 0.4) is 0 Å². The summed E-state index contributed by atoms with van der Waals surface area (Å²) in [4.78, 5) is 16.5. The topological polar surface area (TPSA) is 54.0 Å². The number of benzene rings is 1. The molecular weight excluding hydrogens is 333 g/mol. The van der Waals surface area contributed by atoms with Gasteiger partial charge in [-0.3, -0.25) is 9.78 Å². The zero-order chi connectivity index (χ0) is 16.2. The SMILES string of the molecule is O=C(Nc1cc(Cl)ccc1Cl)c1cc(NC2CCCC2)ccn1. The first-order valence-electron chi connectivity index (χ1n) is 7.61. The van der Waals surface area contributed by atoms with Gasteiger partial charge in [0.1, 0.15) is 5.69 Å². The molecule has 0 spiro atoms. The molecule has 1 aliphatic rings. The van der Waals surface area contributed by atoms with E-state index in [-0.39, 0.29) is 5.91 Å². The van der Waals surface area contributed by atoms with Gasteiger partial charge < -0.3 is 10.6 Å². The van der Waals surface area contributed by atoms with Gasteiger partial charge in [0.2, 0.25) is 0 Å². The Morgan fingerprint density at radius 2 is 1.91 bits per heavy atom. The van der Waals surface area contributed by atoms with E-state index in [1.54, 1.807) is 30.5 Å². The van der Waals surface area contributed by atoms with Crippen molar-refractivity contribution in [1.82, 2.24) is 4.98 Å². The highest BCUT2D eigenvalue weighted by Crippen LogP contribution is 2.26. The second-order valence-corrected chi connectivity index (χ2v) is 6.48. The molecule has 1 amide bonds. The fraction of sp³-hybridized carbons (Fsp3) is 0.294. The van der Waals surface area contributed by atoms with E-state index in [4.69, 9.17) is 23.2 Å². The summed E-state index contributed by atoms with van der Waals surface area (Å²) in [6.07, 6.45) is 6.47. The van der Waals surface area contributed by atoms with Crippen molar-refractivity contribution in [2.45, 2.75) is 31.7 Å². The van der Waals surface area contributed by atoms with E-state index in [1.165, 1.54) is 25.7 Å². The Kier molecular flexibility index (Phi) is 5.03. The molecule has 3 rings (SSSR count). The molecule has 1 aromatic carbocycles. The zero-order valence-corrected chi connectivity index (χ0v) is 14.0. The number of amides is 1. The molecule has 1 fully saturated rings. The summed E-state index contributed by atoms with van der Waals surface area (Å²) in [6, 6.07) is 9.04. The Bertz CT molecular complexity index is 715. The standard InChI is InChI=1S/C17H17Cl2N3O/c18-11-5-6-14(19)15(9-11)22-17(23)16-10-13(7-8-20-16)21-12-3-1-2-4-12/h5-10,12H,1-4H2,(H,20,21)(H,22,23). The average Bonchev–Trinajstić information content (AvgIpc) is 3.04. The zero-order valence-electron chi connectivity index (χ0n) is 12.5. The van der Waals surface area contributed by atoms with Crippen molar-refractivity contribution in [3.8, 4) is 0 Å². The second kappa shape index (κ2) is 7.20. The van der Waals surface area contributed by atoms with Crippen LogP contribution in [0.25, 0.3) is 0 Å². The van der Waals surface area contributed by atoms with Crippen LogP contribution in [-0.4, -0.2) is 16.9 Å². The molecule has 1 aromatic heterocycles. The number of nitrogens with one attached hydrogen (secondary N) is 2. The molecular formula is C17H17Cl2N3O. The minimum Gasteiger partial charge on any atom is -0.382 e. The van der Waals surface area contributed by atoms with Gasteiger partial charge >= 0.3 is 0 Å². The lowest BCUT2D eigenvalue weighted by atomic mass is 10.2. The first-order chi connectivity index (χ1) is 11.1. The Morgan fingerprint density at radius 1 is 1.13 bits per heavy atom. The molecule has 0 unspecified atom stereocenters. The molecule has 0 bridgehead atoms. The maximum absolute atomic E-state index is 12.4. The van der Waals surface area contributed by atoms with Crippen LogP contribution >= 0.6 is 23.2 Å². The lowest BCUT2D eigenvalue weighted by molar-refractivity contribution is 0.102. The summed E-state index contributed by atoms with van der Waals surface area (Å²) in [5, 5.41) is 7.14. The predicted octanol–water partition coefficient (Wildman–Crippen LogP) is 5.00. The van der Waals surface area contributed by atoms with Gasteiger partial charge in [-0.05, 0) is 43.2 Å². The largest absolute Gasteiger partial charge is 0.382 e. The Hall–Kier alpha value is -1.78. The van der Waals surface area contributed by atoms with Crippen LogP contribution in [0, 0.1) is 0 Å². The third-order valence-corrected chi connectivity index (χ3v) is 4.46. The monoisotopic (exact) mass is 349 g/mol. The molecule has 1 saturated carbocycles. The van der Waals surface area contributed by atoms with Gasteiger partial charge in [0, 0.05) is 22.9 Å². The highest BCUT2D eigenvalue weighted by Gasteiger charge is 2.16. The van der Waals surface area contributed by atoms with Crippen LogP contribution in [0.2, 0.25) is 10.0 Å². The number of hydrogen-bond acceptors (Lipinski definition) is 3. The Labute approximate surface area is 145 Å². The molecule has 1 heterocycles. The molecule has 2 N–H and O–H groups in total. The van der Waals surface area contributed by atoms with Gasteiger partial charge in [0.25, 0.3) is 5.91 Å². The number of aromatic nitrogens is 1. The fourth-order valence-corrected chi connectivity index (χ4v) is 3.07. The predicted molar refractivity (Wildman–Crippen MR) is 94.5 cm³/mol. The number of rotatable bonds is 4. The first kappa shape index (κ1) is 16.1. The minimum absolute atomic E-state index is 0.316. The third-order valence-electron chi connectivity index (χ3n) is 3.90. The first-order valence-corrected chi connectivity index (χ1v) is 8.36. The summed E-state index contributed by atoms with van der Waals surface area (Å²) in [6.45, 7) is 0. The highest BCUT2D eigenvalue weighted by atomic mass is 35.5. The van der Waals surface area contributed by atoms with Gasteiger partial charge in [-0.25, -0.2) is 0 Å². The van der Waals surface area contributed by atoms with Crippen LogP contribution < -0.4 is 10.6 Å². The van der Waals surface area contributed by atoms with Crippen molar-refractivity contribution in [1.29, 1.82) is 0 Å². The maximum atomic E-state index is 12.4. The van der Waals surface area contributed by atoms with E-state index >= 15 is 0 Å². The van der Waals surface area contributed by atoms with Crippen LogP contribution in [0.15, 0.2) is 36.5 Å². The molecule has 0 aliphatic heterocycles. The van der Waals surface area contributed by atoms with Gasteiger partial charge in [-0.15, -0.1) is 0 Å². The molecule has 0 atom stereocenters. The fourth-order valence-electron chi connectivity index (χ4n) is 2.73. The molecule has 120 valence electrons. The lowest BCUT2D eigenvalue weighted by Crippen LogP contribution is -2.17. The average molecular weight is 350 g/mol. The molecule has 0 saturated heterocycles. The summed E-state index contributed by atoms with van der Waals surface area (Å²) in [5.74, 6) is -0.316. The summed E-state index contributed by atoms with van der Waals surface area (Å²) in [5.41, 5.74) is 1.72. The van der Waals surface area contributed by atoms with Crippen molar-refractivity contribution in [3.05, 3.63) is 52.3 Å². The van der Waals surface area contributed by atoms with Gasteiger partial charge in [0.05, 0.1) is 10.7 Å². The van der Waals surface area contributed by atoms with E-state index in [0.717, 1.165) is 5.69 Å². The van der Waals surface area contributed by atoms with E-state index in [9.17, 15) is 4.79 Å². The number of carbonyl (C=O) groups excluding carboxylic acids is 1. The number of halogens is 2. The number of carbonyl (C=O) groups is 1. The summed E-state index contributed by atoms with van der Waals surface area (Å²) in [7, 11) is 0. The molecule has 2 aromatic rings. The van der Waals surface area contributed by atoms with Crippen LogP contribution in [0.5, 0.6) is 0 Å². The van der Waals surface area contributed by atoms with Gasteiger partial charge in [-0.2, -0.15) is 0 Å². The number of hydrogen-bond donors (Lipinski definition) is 2. The maximum Gasteiger partial charge on any atom is 0.274 e. The van der Waals surface area contributed by atoms with E-state index in [2.05, 4.69) is 15.6 Å². The minimum atomic E-state index is -0.316. The third kappa shape index (κ3) is 4.15.